The molecule has 1 N–H and O–H groups in total. The Bertz CT molecular complexity index is 358. The third-order valence-corrected chi connectivity index (χ3v) is 1.73. The maximum absolute atomic E-state index is 13.2. The van der Waals surface area contributed by atoms with Gasteiger partial charge in [-0.2, -0.15) is 5.26 Å². The average Bonchev–Trinajstić information content (AvgIpc) is 2.14. The number of rotatable bonds is 3. The van der Waals surface area contributed by atoms with Gasteiger partial charge in [0.25, 0.3) is 0 Å². The van der Waals surface area contributed by atoms with Crippen molar-refractivity contribution in [2.45, 2.75) is 13.0 Å². The molecule has 1 rings (SSSR count). The highest BCUT2D eigenvalue weighted by atomic mass is 19.1. The Labute approximate surface area is 81.4 Å². The van der Waals surface area contributed by atoms with Gasteiger partial charge >= 0.3 is 0 Å². The molecule has 4 heteroatoms. The van der Waals surface area contributed by atoms with E-state index in [2.05, 4.69) is 0 Å². The lowest BCUT2D eigenvalue weighted by Crippen LogP contribution is -1.98. The Hall–Kier alpha value is -1.60. The molecule has 0 radical (unpaired) electrons. The second-order valence-electron chi connectivity index (χ2n) is 2.81. The number of nitriles is 1. The van der Waals surface area contributed by atoms with Crippen molar-refractivity contribution in [1.82, 2.24) is 0 Å². The summed E-state index contributed by atoms with van der Waals surface area (Å²) in [5.41, 5.74) is 0.217. The first kappa shape index (κ1) is 10.5. The highest BCUT2D eigenvalue weighted by Gasteiger charge is 2.08. The van der Waals surface area contributed by atoms with E-state index >= 15 is 0 Å². The fraction of sp³-hybridized carbons (Fsp3) is 0.300. The van der Waals surface area contributed by atoms with Gasteiger partial charge in [-0.05, 0) is 19.1 Å². The quantitative estimate of drug-likeness (QED) is 0.799. The summed E-state index contributed by atoms with van der Waals surface area (Å²) in [7, 11) is 0. The smallest absolute Gasteiger partial charge is 0.174 e. The molecule has 1 aromatic rings. The van der Waals surface area contributed by atoms with Gasteiger partial charge < -0.3 is 9.84 Å². The normalized spacial score (nSPS) is 11.9. The van der Waals surface area contributed by atoms with Gasteiger partial charge in [0.1, 0.15) is 17.6 Å². The van der Waals surface area contributed by atoms with E-state index in [-0.39, 0.29) is 17.9 Å². The van der Waals surface area contributed by atoms with Crippen LogP contribution in [-0.2, 0) is 0 Å². The van der Waals surface area contributed by atoms with Gasteiger partial charge in [0.15, 0.2) is 6.61 Å². The zero-order valence-electron chi connectivity index (χ0n) is 7.70. The van der Waals surface area contributed by atoms with Crippen LogP contribution in [0.5, 0.6) is 5.75 Å². The maximum Gasteiger partial charge on any atom is 0.174 e. The summed E-state index contributed by atoms with van der Waals surface area (Å²) in [6.07, 6.45) is -0.847. The Morgan fingerprint density at radius 2 is 2.36 bits per heavy atom. The summed E-state index contributed by atoms with van der Waals surface area (Å²) in [5, 5.41) is 17.4. The first-order valence-corrected chi connectivity index (χ1v) is 4.12. The van der Waals surface area contributed by atoms with Crippen LogP contribution >= 0.6 is 0 Å². The fourth-order valence-corrected chi connectivity index (χ4v) is 1.05. The molecule has 14 heavy (non-hydrogen) atoms. The van der Waals surface area contributed by atoms with Crippen molar-refractivity contribution >= 4 is 0 Å². The standard InChI is InChI=1S/C10H10FNO2/c1-7(13)9-3-2-8(6-10(9)11)14-5-4-12/h2-3,6-7,13H,5H2,1H3. The predicted octanol–water partition coefficient (Wildman–Crippen LogP) is 1.78. The van der Waals surface area contributed by atoms with Gasteiger partial charge in [0, 0.05) is 11.6 Å². The number of nitrogens with zero attached hydrogens (tertiary/aromatic N) is 1. The molecule has 3 nitrogen and oxygen atoms in total. The molecule has 0 saturated heterocycles. The van der Waals surface area contributed by atoms with Crippen molar-refractivity contribution in [3.63, 3.8) is 0 Å². The van der Waals surface area contributed by atoms with Crippen molar-refractivity contribution in [2.75, 3.05) is 6.61 Å². The van der Waals surface area contributed by atoms with Crippen LogP contribution < -0.4 is 4.74 Å². The van der Waals surface area contributed by atoms with Crippen molar-refractivity contribution in [1.29, 1.82) is 5.26 Å². The molecule has 0 fully saturated rings. The molecular weight excluding hydrogens is 185 g/mol. The molecular formula is C10H10FNO2. The molecule has 1 atom stereocenters. The van der Waals surface area contributed by atoms with Gasteiger partial charge in [0.2, 0.25) is 0 Å². The molecule has 0 spiro atoms. The molecule has 1 unspecified atom stereocenters. The Balaban J connectivity index is 2.85. The molecule has 0 saturated carbocycles. The Morgan fingerprint density at radius 3 is 2.86 bits per heavy atom. The van der Waals surface area contributed by atoms with E-state index in [1.54, 1.807) is 6.07 Å². The van der Waals surface area contributed by atoms with Crippen LogP contribution in [0.25, 0.3) is 0 Å². The van der Waals surface area contributed by atoms with Crippen LogP contribution in [0.3, 0.4) is 0 Å². The maximum atomic E-state index is 13.2. The number of halogens is 1. The number of hydrogen-bond donors (Lipinski definition) is 1. The third kappa shape index (κ3) is 2.44. The molecule has 0 bridgehead atoms. The molecule has 0 amide bonds. The van der Waals surface area contributed by atoms with E-state index in [1.807, 2.05) is 0 Å². The average molecular weight is 195 g/mol. The minimum Gasteiger partial charge on any atom is -0.479 e. The number of aliphatic hydroxyl groups excluding tert-OH is 1. The first-order valence-electron chi connectivity index (χ1n) is 4.12. The lowest BCUT2D eigenvalue weighted by Gasteiger charge is -2.07. The van der Waals surface area contributed by atoms with Gasteiger partial charge in [-0.3, -0.25) is 0 Å². The van der Waals surface area contributed by atoms with E-state index in [0.717, 1.165) is 6.07 Å². The zero-order valence-corrected chi connectivity index (χ0v) is 7.70. The van der Waals surface area contributed by atoms with Gasteiger partial charge in [-0.1, -0.05) is 0 Å². The van der Waals surface area contributed by atoms with Crippen LogP contribution in [0.2, 0.25) is 0 Å². The SMILES string of the molecule is CC(O)c1ccc(OCC#N)cc1F. The van der Waals surface area contributed by atoms with Crippen LogP contribution in [0.1, 0.15) is 18.6 Å². The number of aliphatic hydroxyl groups is 1. The number of benzene rings is 1. The van der Waals surface area contributed by atoms with E-state index in [9.17, 15) is 4.39 Å². The summed E-state index contributed by atoms with van der Waals surface area (Å²) < 4.78 is 18.1. The lowest BCUT2D eigenvalue weighted by atomic mass is 10.1. The highest BCUT2D eigenvalue weighted by molar-refractivity contribution is 5.30. The van der Waals surface area contributed by atoms with Crippen LogP contribution in [0.4, 0.5) is 4.39 Å². The van der Waals surface area contributed by atoms with Crippen molar-refractivity contribution in [2.24, 2.45) is 0 Å². The monoisotopic (exact) mass is 195 g/mol. The van der Waals surface area contributed by atoms with E-state index < -0.39 is 11.9 Å². The van der Waals surface area contributed by atoms with E-state index in [1.165, 1.54) is 19.1 Å². The molecule has 0 aliphatic carbocycles. The van der Waals surface area contributed by atoms with Crippen LogP contribution in [0.15, 0.2) is 18.2 Å². The predicted molar refractivity (Wildman–Crippen MR) is 48.1 cm³/mol. The highest BCUT2D eigenvalue weighted by Crippen LogP contribution is 2.21. The van der Waals surface area contributed by atoms with E-state index in [4.69, 9.17) is 15.1 Å². The summed E-state index contributed by atoms with van der Waals surface area (Å²) >= 11 is 0. The Kier molecular flexibility index (Phi) is 3.43. The van der Waals surface area contributed by atoms with Crippen molar-refractivity contribution in [3.05, 3.63) is 29.6 Å². The second kappa shape index (κ2) is 4.58. The minimum atomic E-state index is -0.847. The zero-order chi connectivity index (χ0) is 10.6. The summed E-state index contributed by atoms with van der Waals surface area (Å²) in [6, 6.07) is 5.88. The minimum absolute atomic E-state index is 0.118. The second-order valence-corrected chi connectivity index (χ2v) is 2.81. The summed E-state index contributed by atoms with van der Waals surface area (Å²) in [4.78, 5) is 0. The Morgan fingerprint density at radius 1 is 1.64 bits per heavy atom. The van der Waals surface area contributed by atoms with Crippen molar-refractivity contribution < 1.29 is 14.2 Å². The summed E-state index contributed by atoms with van der Waals surface area (Å²) in [5.74, 6) is -0.246. The summed E-state index contributed by atoms with van der Waals surface area (Å²) in [6.45, 7) is 1.36. The van der Waals surface area contributed by atoms with Crippen molar-refractivity contribution in [3.8, 4) is 11.8 Å². The molecule has 0 heterocycles. The fourth-order valence-electron chi connectivity index (χ4n) is 1.05. The van der Waals surface area contributed by atoms with Crippen LogP contribution in [0, 0.1) is 17.1 Å². The van der Waals surface area contributed by atoms with Gasteiger partial charge in [-0.15, -0.1) is 0 Å². The topological polar surface area (TPSA) is 53.2 Å². The first-order chi connectivity index (χ1) is 6.65. The molecule has 0 aliphatic heterocycles. The van der Waals surface area contributed by atoms with Crippen LogP contribution in [-0.4, -0.2) is 11.7 Å². The van der Waals surface area contributed by atoms with E-state index in [0.29, 0.717) is 0 Å². The molecule has 0 aliphatic rings. The number of ether oxygens (including phenoxy) is 1. The molecule has 1 aromatic carbocycles. The molecule has 0 aromatic heterocycles. The van der Waals surface area contributed by atoms with Gasteiger partial charge in [-0.25, -0.2) is 4.39 Å². The lowest BCUT2D eigenvalue weighted by molar-refractivity contribution is 0.194. The third-order valence-electron chi connectivity index (χ3n) is 1.73. The van der Waals surface area contributed by atoms with Gasteiger partial charge in [0.05, 0.1) is 6.10 Å². The largest absolute Gasteiger partial charge is 0.479 e. The molecule has 74 valence electrons. The number of hydrogen-bond acceptors (Lipinski definition) is 3.